The molecule has 1 aliphatic rings. The zero-order chi connectivity index (χ0) is 24.2. The van der Waals surface area contributed by atoms with Crippen LogP contribution in [-0.2, 0) is 9.24 Å². The SMILES string of the molecule is COc1ccc(OC)c(C(=O)C2CCCCC2c2ccc(N(C)C)c(OOP(=O)(O)O)c2)c1. The number of methoxy groups -OCH3 is 2. The first-order valence-electron chi connectivity index (χ1n) is 10.6. The van der Waals surface area contributed by atoms with E-state index in [4.69, 9.17) is 24.1 Å². The number of rotatable bonds is 9. The van der Waals surface area contributed by atoms with Gasteiger partial charge in [0.1, 0.15) is 11.5 Å². The Morgan fingerprint density at radius 1 is 1.00 bits per heavy atom. The topological polar surface area (TPSA) is 115 Å². The molecule has 0 saturated heterocycles. The molecule has 0 bridgehead atoms. The van der Waals surface area contributed by atoms with Crippen LogP contribution in [0.15, 0.2) is 36.4 Å². The molecule has 2 unspecified atom stereocenters. The quantitative estimate of drug-likeness (QED) is 0.235. The minimum Gasteiger partial charge on any atom is -0.497 e. The summed E-state index contributed by atoms with van der Waals surface area (Å²) in [5.74, 6) is 0.813. The van der Waals surface area contributed by atoms with Gasteiger partial charge in [-0.3, -0.25) is 4.79 Å². The molecule has 9 nitrogen and oxygen atoms in total. The predicted molar refractivity (Wildman–Crippen MR) is 123 cm³/mol. The standard InChI is InChI=1S/C23H30NO8P/c1-24(2)20-11-9-15(13-22(20)31-32-33(26,27)28)17-7-5-6-8-18(17)23(25)19-14-16(29-3)10-12-21(19)30-4/h9-14,17-18H,5-8H2,1-4H3,(H2,26,27,28). The van der Waals surface area contributed by atoms with Gasteiger partial charge in [-0.15, -0.1) is 0 Å². The highest BCUT2D eigenvalue weighted by atomic mass is 31.2. The Bertz CT molecular complexity index is 1040. The highest BCUT2D eigenvalue weighted by Crippen LogP contribution is 2.44. The van der Waals surface area contributed by atoms with E-state index in [0.717, 1.165) is 24.8 Å². The van der Waals surface area contributed by atoms with Crippen LogP contribution >= 0.6 is 7.82 Å². The minimum absolute atomic E-state index is 0.0268. The van der Waals surface area contributed by atoms with Gasteiger partial charge >= 0.3 is 7.82 Å². The molecule has 0 amide bonds. The molecule has 2 aromatic rings. The summed E-state index contributed by atoms with van der Waals surface area (Å²) in [6.45, 7) is 0. The smallest absolute Gasteiger partial charge is 0.497 e. The van der Waals surface area contributed by atoms with E-state index in [9.17, 15) is 9.36 Å². The lowest BCUT2D eigenvalue weighted by atomic mass is 9.72. The molecular formula is C23H30NO8P. The van der Waals surface area contributed by atoms with E-state index < -0.39 is 7.82 Å². The van der Waals surface area contributed by atoms with Crippen molar-refractivity contribution in [1.29, 1.82) is 0 Å². The normalized spacial score (nSPS) is 18.5. The lowest BCUT2D eigenvalue weighted by Gasteiger charge is -2.32. The Kier molecular flexibility index (Phi) is 8.02. The number of anilines is 1. The van der Waals surface area contributed by atoms with Crippen molar-refractivity contribution >= 4 is 19.3 Å². The second kappa shape index (κ2) is 10.6. The third-order valence-electron chi connectivity index (χ3n) is 5.89. The van der Waals surface area contributed by atoms with Crippen LogP contribution in [0.4, 0.5) is 5.69 Å². The van der Waals surface area contributed by atoms with Gasteiger partial charge in [-0.05, 0) is 54.7 Å². The van der Waals surface area contributed by atoms with Crippen molar-refractivity contribution < 1.29 is 38.2 Å². The Hall–Kier alpha value is -2.58. The summed E-state index contributed by atoms with van der Waals surface area (Å²) < 4.78 is 26.2. The fourth-order valence-corrected chi connectivity index (χ4v) is 4.51. The molecule has 2 N–H and O–H groups in total. The summed E-state index contributed by atoms with van der Waals surface area (Å²) in [5.41, 5.74) is 1.89. The van der Waals surface area contributed by atoms with E-state index >= 15 is 0 Å². The van der Waals surface area contributed by atoms with E-state index in [0.29, 0.717) is 29.2 Å². The van der Waals surface area contributed by atoms with Gasteiger partial charge < -0.3 is 29.0 Å². The van der Waals surface area contributed by atoms with Crippen LogP contribution in [0, 0.1) is 5.92 Å². The second-order valence-corrected chi connectivity index (χ2v) is 9.33. The zero-order valence-corrected chi connectivity index (χ0v) is 20.1. The summed E-state index contributed by atoms with van der Waals surface area (Å²) in [4.78, 5) is 38.5. The van der Waals surface area contributed by atoms with Crippen LogP contribution in [0.25, 0.3) is 0 Å². The highest BCUT2D eigenvalue weighted by molar-refractivity contribution is 7.46. The van der Waals surface area contributed by atoms with Crippen LogP contribution in [0.2, 0.25) is 0 Å². The maximum Gasteiger partial charge on any atom is 0.505 e. The molecule has 0 aliphatic heterocycles. The summed E-state index contributed by atoms with van der Waals surface area (Å²) >= 11 is 0. The van der Waals surface area contributed by atoms with Gasteiger partial charge in [-0.2, -0.15) is 0 Å². The molecule has 0 radical (unpaired) electrons. The molecule has 1 saturated carbocycles. The van der Waals surface area contributed by atoms with Gasteiger partial charge in [-0.1, -0.05) is 23.6 Å². The number of hydrogen-bond donors (Lipinski definition) is 2. The largest absolute Gasteiger partial charge is 0.505 e. The second-order valence-electron chi connectivity index (χ2n) is 8.20. The van der Waals surface area contributed by atoms with Gasteiger partial charge in [0.05, 0.1) is 25.5 Å². The summed E-state index contributed by atoms with van der Waals surface area (Å²) in [6, 6.07) is 10.6. The number of nitrogens with zero attached hydrogens (tertiary/aromatic N) is 1. The predicted octanol–water partition coefficient (Wildman–Crippen LogP) is 4.33. The number of phosphoric acid groups is 1. The van der Waals surface area contributed by atoms with Crippen molar-refractivity contribution in [2.45, 2.75) is 31.6 Å². The third kappa shape index (κ3) is 6.06. The van der Waals surface area contributed by atoms with Crippen LogP contribution in [0.3, 0.4) is 0 Å². The highest BCUT2D eigenvalue weighted by Gasteiger charge is 2.34. The van der Waals surface area contributed by atoms with Crippen molar-refractivity contribution in [3.63, 3.8) is 0 Å². The molecule has 10 heteroatoms. The molecule has 3 rings (SSSR count). The number of carbonyl (C=O) groups excluding carboxylic acids is 1. The van der Waals surface area contributed by atoms with Gasteiger partial charge in [0.15, 0.2) is 11.5 Å². The molecule has 1 aliphatic carbocycles. The molecule has 1 fully saturated rings. The van der Waals surface area contributed by atoms with Gasteiger partial charge in [-0.25, -0.2) is 4.57 Å². The van der Waals surface area contributed by atoms with Crippen LogP contribution in [0.1, 0.15) is 47.5 Å². The maximum absolute atomic E-state index is 13.6. The Balaban J connectivity index is 1.97. The summed E-state index contributed by atoms with van der Waals surface area (Å²) in [7, 11) is 1.80. The average molecular weight is 479 g/mol. The van der Waals surface area contributed by atoms with Crippen LogP contribution in [0.5, 0.6) is 17.2 Å². The fraction of sp³-hybridized carbons (Fsp3) is 0.435. The van der Waals surface area contributed by atoms with E-state index in [1.54, 1.807) is 56.4 Å². The van der Waals surface area contributed by atoms with E-state index in [1.165, 1.54) is 7.11 Å². The summed E-state index contributed by atoms with van der Waals surface area (Å²) in [6.07, 6.45) is 3.41. The number of hydrogen-bond acceptors (Lipinski definition) is 7. The molecule has 180 valence electrons. The molecular weight excluding hydrogens is 449 g/mol. The molecule has 0 heterocycles. The lowest BCUT2D eigenvalue weighted by molar-refractivity contribution is -0.122. The Morgan fingerprint density at radius 3 is 2.36 bits per heavy atom. The fourth-order valence-electron chi connectivity index (χ4n) is 4.34. The first kappa shape index (κ1) is 25.1. The molecule has 0 spiro atoms. The first-order valence-corrected chi connectivity index (χ1v) is 12.2. The van der Waals surface area contributed by atoms with Gasteiger partial charge in [0.2, 0.25) is 0 Å². The van der Waals surface area contributed by atoms with Crippen molar-refractivity contribution in [2.24, 2.45) is 5.92 Å². The number of ether oxygens (including phenoxy) is 2. The zero-order valence-electron chi connectivity index (χ0n) is 19.2. The van der Waals surface area contributed by atoms with E-state index in [2.05, 4.69) is 4.67 Å². The van der Waals surface area contributed by atoms with Crippen LogP contribution < -0.4 is 19.3 Å². The van der Waals surface area contributed by atoms with Gasteiger partial charge in [0, 0.05) is 20.0 Å². The average Bonchev–Trinajstić information content (AvgIpc) is 2.81. The number of Topliss-reactive ketones (excluding diaryl/α,β-unsaturated/α-hetero) is 1. The molecule has 33 heavy (non-hydrogen) atoms. The molecule has 0 aromatic heterocycles. The maximum atomic E-state index is 13.6. The number of benzene rings is 2. The van der Waals surface area contributed by atoms with Crippen molar-refractivity contribution in [2.75, 3.05) is 33.2 Å². The molecule has 2 atom stereocenters. The molecule has 2 aromatic carbocycles. The number of carbonyl (C=O) groups is 1. The lowest BCUT2D eigenvalue weighted by Crippen LogP contribution is -2.26. The van der Waals surface area contributed by atoms with Crippen LogP contribution in [-0.4, -0.2) is 43.9 Å². The van der Waals surface area contributed by atoms with Crippen molar-refractivity contribution in [3.8, 4) is 17.2 Å². The third-order valence-corrected chi connectivity index (χ3v) is 6.16. The number of ketones is 1. The van der Waals surface area contributed by atoms with Gasteiger partial charge in [0.25, 0.3) is 0 Å². The van der Waals surface area contributed by atoms with Crippen molar-refractivity contribution in [3.05, 3.63) is 47.5 Å². The van der Waals surface area contributed by atoms with E-state index in [1.807, 2.05) is 6.07 Å². The summed E-state index contributed by atoms with van der Waals surface area (Å²) in [5, 5.41) is 0. The minimum atomic E-state index is -4.83. The van der Waals surface area contributed by atoms with Crippen molar-refractivity contribution in [1.82, 2.24) is 0 Å². The monoisotopic (exact) mass is 479 g/mol. The Morgan fingerprint density at radius 2 is 1.73 bits per heavy atom. The van der Waals surface area contributed by atoms with E-state index in [-0.39, 0.29) is 23.4 Å². The first-order chi connectivity index (χ1) is 15.6. The Labute approximate surface area is 193 Å².